The van der Waals surface area contributed by atoms with Crippen LogP contribution < -0.4 is 12.3 Å². The van der Waals surface area contributed by atoms with Crippen LogP contribution >= 0.6 is 0 Å². The Morgan fingerprint density at radius 3 is 1.64 bits per heavy atom. The van der Waals surface area contributed by atoms with Crippen LogP contribution in [0.2, 0.25) is 0 Å². The highest BCUT2D eigenvalue weighted by Gasteiger charge is 2.07. The van der Waals surface area contributed by atoms with Gasteiger partial charge in [-0.15, -0.1) is 0 Å². The van der Waals surface area contributed by atoms with Gasteiger partial charge in [-0.1, -0.05) is 47.0 Å². The predicted molar refractivity (Wildman–Crippen MR) is 53.6 cm³/mol. The fourth-order valence-corrected chi connectivity index (χ4v) is 0.905. The van der Waals surface area contributed by atoms with Crippen molar-refractivity contribution in [2.75, 3.05) is 0 Å². The van der Waals surface area contributed by atoms with Crippen LogP contribution in [0, 0.1) is 5.41 Å². The van der Waals surface area contributed by atoms with Gasteiger partial charge in [0.05, 0.1) is 0 Å². The molecule has 0 saturated carbocycles. The molecule has 0 aromatic carbocycles. The number of hydrogen-bond acceptors (Lipinski definition) is 2. The molecule has 0 aliphatic rings. The SMILES string of the molecule is CCCCCC(C)(C)C.N.N. The zero-order valence-electron chi connectivity index (χ0n) is 8.74. The molecule has 6 N–H and O–H groups in total. The molecule has 0 amide bonds. The Morgan fingerprint density at radius 2 is 1.36 bits per heavy atom. The molecule has 2 nitrogen and oxygen atoms in total. The van der Waals surface area contributed by atoms with Gasteiger partial charge in [0.15, 0.2) is 0 Å². The second-order valence-electron chi connectivity index (χ2n) is 4.02. The Balaban J connectivity index is -0.000000320. The lowest BCUT2D eigenvalue weighted by molar-refractivity contribution is 0.359. The maximum atomic E-state index is 2.31. The quantitative estimate of drug-likeness (QED) is 0.617. The van der Waals surface area contributed by atoms with Crippen LogP contribution in [-0.2, 0) is 0 Å². The third kappa shape index (κ3) is 17.8. The van der Waals surface area contributed by atoms with E-state index in [0.717, 1.165) is 0 Å². The molecule has 0 fully saturated rings. The van der Waals surface area contributed by atoms with Gasteiger partial charge in [0.2, 0.25) is 0 Å². The third-order valence-electron chi connectivity index (χ3n) is 1.53. The van der Waals surface area contributed by atoms with Crippen LogP contribution in [0.25, 0.3) is 0 Å². The summed E-state index contributed by atoms with van der Waals surface area (Å²) in [4.78, 5) is 0. The Labute approximate surface area is 71.9 Å². The fourth-order valence-electron chi connectivity index (χ4n) is 0.905. The molecule has 0 aliphatic heterocycles. The van der Waals surface area contributed by atoms with Crippen molar-refractivity contribution >= 4 is 0 Å². The summed E-state index contributed by atoms with van der Waals surface area (Å²) in [5.74, 6) is 0. The average molecular weight is 162 g/mol. The van der Waals surface area contributed by atoms with Crippen molar-refractivity contribution in [3.05, 3.63) is 0 Å². The van der Waals surface area contributed by atoms with E-state index in [-0.39, 0.29) is 12.3 Å². The van der Waals surface area contributed by atoms with E-state index in [1.807, 2.05) is 0 Å². The molecule has 0 aromatic heterocycles. The van der Waals surface area contributed by atoms with Gasteiger partial charge < -0.3 is 12.3 Å². The first kappa shape index (κ1) is 17.1. The van der Waals surface area contributed by atoms with Gasteiger partial charge in [0.25, 0.3) is 0 Å². The predicted octanol–water partition coefficient (Wildman–Crippen LogP) is 3.94. The summed E-state index contributed by atoms with van der Waals surface area (Å²) < 4.78 is 0. The molecular weight excluding hydrogens is 136 g/mol. The minimum atomic E-state index is 0. The molecule has 0 bridgehead atoms. The Hall–Kier alpha value is -0.0800. The molecule has 0 aromatic rings. The normalized spacial score (nSPS) is 9.82. The average Bonchev–Trinajstić information content (AvgIpc) is 1.63. The van der Waals surface area contributed by atoms with Crippen molar-refractivity contribution in [1.29, 1.82) is 0 Å². The smallest absolute Gasteiger partial charge is 0.0383 e. The standard InChI is InChI=1S/C9H20.2H3N/c1-5-6-7-8-9(2,3)4;;/h5-8H2,1-4H3;2*1H3. The first-order chi connectivity index (χ1) is 4.06. The minimum Gasteiger partial charge on any atom is -0.344 e. The van der Waals surface area contributed by atoms with E-state index in [1.165, 1.54) is 25.7 Å². The minimum absolute atomic E-state index is 0. The van der Waals surface area contributed by atoms with E-state index in [9.17, 15) is 0 Å². The molecule has 0 saturated heterocycles. The topological polar surface area (TPSA) is 70.0 Å². The van der Waals surface area contributed by atoms with Gasteiger partial charge >= 0.3 is 0 Å². The van der Waals surface area contributed by atoms with E-state index in [1.54, 1.807) is 0 Å². The molecule has 0 unspecified atom stereocenters. The molecule has 0 aliphatic carbocycles. The van der Waals surface area contributed by atoms with Crippen molar-refractivity contribution < 1.29 is 0 Å². The second-order valence-corrected chi connectivity index (χ2v) is 4.02. The monoisotopic (exact) mass is 162 g/mol. The Kier molecular flexibility index (Phi) is 12.5. The maximum Gasteiger partial charge on any atom is -0.0383 e. The van der Waals surface area contributed by atoms with Crippen LogP contribution in [-0.4, -0.2) is 0 Å². The molecule has 72 valence electrons. The molecule has 0 rings (SSSR count). The summed E-state index contributed by atoms with van der Waals surface area (Å²) in [5, 5.41) is 0. The van der Waals surface area contributed by atoms with Crippen LogP contribution in [0.4, 0.5) is 0 Å². The van der Waals surface area contributed by atoms with E-state index in [0.29, 0.717) is 5.41 Å². The van der Waals surface area contributed by atoms with Gasteiger partial charge in [-0.05, 0) is 11.8 Å². The summed E-state index contributed by atoms with van der Waals surface area (Å²) in [5.41, 5.74) is 0.551. The second kappa shape index (κ2) is 8.02. The van der Waals surface area contributed by atoms with Crippen molar-refractivity contribution in [1.82, 2.24) is 12.3 Å². The Bertz CT molecular complexity index is 64.5. The molecule has 0 spiro atoms. The highest BCUT2D eigenvalue weighted by Crippen LogP contribution is 2.21. The largest absolute Gasteiger partial charge is 0.344 e. The highest BCUT2D eigenvalue weighted by molar-refractivity contribution is 4.60. The van der Waals surface area contributed by atoms with Crippen LogP contribution in [0.5, 0.6) is 0 Å². The molecule has 0 radical (unpaired) electrons. The summed E-state index contributed by atoms with van der Waals surface area (Å²) in [6, 6.07) is 0. The number of rotatable bonds is 3. The molecule has 2 heteroatoms. The van der Waals surface area contributed by atoms with Gasteiger partial charge in [-0.25, -0.2) is 0 Å². The van der Waals surface area contributed by atoms with E-state index >= 15 is 0 Å². The maximum absolute atomic E-state index is 2.31. The van der Waals surface area contributed by atoms with Crippen LogP contribution in [0.15, 0.2) is 0 Å². The van der Waals surface area contributed by atoms with Gasteiger partial charge in [0.1, 0.15) is 0 Å². The molecule has 0 atom stereocenters. The zero-order valence-corrected chi connectivity index (χ0v) is 8.74. The molecular formula is C9H26N2. The lowest BCUT2D eigenvalue weighted by atomic mass is 9.90. The third-order valence-corrected chi connectivity index (χ3v) is 1.53. The van der Waals surface area contributed by atoms with Gasteiger partial charge in [-0.3, -0.25) is 0 Å². The van der Waals surface area contributed by atoms with Crippen molar-refractivity contribution in [3.8, 4) is 0 Å². The van der Waals surface area contributed by atoms with Gasteiger partial charge in [0, 0.05) is 0 Å². The molecule has 0 heterocycles. The summed E-state index contributed by atoms with van der Waals surface area (Å²) in [6.07, 6.45) is 5.52. The number of hydrogen-bond donors (Lipinski definition) is 2. The van der Waals surface area contributed by atoms with Crippen molar-refractivity contribution in [3.63, 3.8) is 0 Å². The summed E-state index contributed by atoms with van der Waals surface area (Å²) in [7, 11) is 0. The lowest BCUT2D eigenvalue weighted by Crippen LogP contribution is -2.03. The lowest BCUT2D eigenvalue weighted by Gasteiger charge is -2.16. The Morgan fingerprint density at radius 1 is 0.909 bits per heavy atom. The van der Waals surface area contributed by atoms with Crippen molar-refractivity contribution in [2.24, 2.45) is 5.41 Å². The van der Waals surface area contributed by atoms with Crippen molar-refractivity contribution in [2.45, 2.75) is 53.4 Å². The molecule has 11 heavy (non-hydrogen) atoms. The summed E-state index contributed by atoms with van der Waals surface area (Å²) >= 11 is 0. The summed E-state index contributed by atoms with van der Waals surface area (Å²) in [6.45, 7) is 9.18. The fraction of sp³-hybridized carbons (Fsp3) is 1.00. The van der Waals surface area contributed by atoms with Crippen LogP contribution in [0.1, 0.15) is 53.4 Å². The zero-order chi connectivity index (χ0) is 7.33. The van der Waals surface area contributed by atoms with Crippen LogP contribution in [0.3, 0.4) is 0 Å². The van der Waals surface area contributed by atoms with E-state index in [4.69, 9.17) is 0 Å². The van der Waals surface area contributed by atoms with E-state index < -0.39 is 0 Å². The number of unbranched alkanes of at least 4 members (excludes halogenated alkanes) is 2. The van der Waals surface area contributed by atoms with E-state index in [2.05, 4.69) is 27.7 Å². The first-order valence-electron chi connectivity index (χ1n) is 4.06. The highest BCUT2D eigenvalue weighted by atomic mass is 14.1. The first-order valence-corrected chi connectivity index (χ1v) is 4.06. The van der Waals surface area contributed by atoms with Gasteiger partial charge in [-0.2, -0.15) is 0 Å².